The third-order valence-corrected chi connectivity index (χ3v) is 2.69. The Morgan fingerprint density at radius 2 is 2.00 bits per heavy atom. The molecule has 0 aromatic heterocycles. The van der Waals surface area contributed by atoms with Crippen LogP contribution in [0.25, 0.3) is 0 Å². The smallest absolute Gasteiger partial charge is 0.108 e. The molecule has 2 atom stereocenters. The third-order valence-electron chi connectivity index (χ3n) is 2.69. The van der Waals surface area contributed by atoms with Gasteiger partial charge in [-0.2, -0.15) is 0 Å². The van der Waals surface area contributed by atoms with E-state index in [1.54, 1.807) is 6.92 Å². The lowest BCUT2D eigenvalue weighted by Gasteiger charge is -2.23. The zero-order chi connectivity index (χ0) is 9.41. The molecule has 1 rings (SSSR count). The second-order valence-corrected chi connectivity index (χ2v) is 5.79. The van der Waals surface area contributed by atoms with Crippen LogP contribution < -0.4 is 0 Å². The van der Waals surface area contributed by atoms with E-state index in [9.17, 15) is 4.39 Å². The zero-order valence-corrected chi connectivity index (χ0v) is 8.78. The lowest BCUT2D eigenvalue weighted by Crippen LogP contribution is -2.15. The van der Waals surface area contributed by atoms with Crippen molar-refractivity contribution >= 4 is 0 Å². The highest BCUT2D eigenvalue weighted by molar-refractivity contribution is 4.87. The Balaban J connectivity index is 2.39. The molecule has 72 valence electrons. The Hall–Kier alpha value is -0.0700. The summed E-state index contributed by atoms with van der Waals surface area (Å²) in [5.74, 6) is 0.625. The summed E-state index contributed by atoms with van der Waals surface area (Å²) in [7, 11) is 0. The second-order valence-electron chi connectivity index (χ2n) is 5.79. The largest absolute Gasteiger partial charge is 0.244 e. The molecule has 1 heteroatoms. The highest BCUT2D eigenvalue weighted by Crippen LogP contribution is 2.42. The van der Waals surface area contributed by atoms with E-state index in [0.29, 0.717) is 11.3 Å². The van der Waals surface area contributed by atoms with Crippen LogP contribution in [-0.4, -0.2) is 5.67 Å². The van der Waals surface area contributed by atoms with Crippen molar-refractivity contribution in [2.24, 2.45) is 11.3 Å². The van der Waals surface area contributed by atoms with E-state index >= 15 is 0 Å². The summed E-state index contributed by atoms with van der Waals surface area (Å²) in [5, 5.41) is 0. The molecule has 0 bridgehead atoms. The van der Waals surface area contributed by atoms with Gasteiger partial charge < -0.3 is 0 Å². The molecule has 0 aromatic carbocycles. The molecule has 0 saturated heterocycles. The molecule has 0 amide bonds. The number of rotatable bonds is 1. The van der Waals surface area contributed by atoms with Gasteiger partial charge in [-0.3, -0.25) is 0 Å². The molecule has 12 heavy (non-hydrogen) atoms. The van der Waals surface area contributed by atoms with Crippen molar-refractivity contribution in [2.75, 3.05) is 0 Å². The monoisotopic (exact) mass is 172 g/mol. The van der Waals surface area contributed by atoms with Crippen LogP contribution in [0.2, 0.25) is 0 Å². The maximum absolute atomic E-state index is 13.4. The molecule has 2 unspecified atom stereocenters. The van der Waals surface area contributed by atoms with E-state index in [0.717, 1.165) is 19.3 Å². The maximum atomic E-state index is 13.4. The maximum Gasteiger partial charge on any atom is 0.108 e. The lowest BCUT2D eigenvalue weighted by molar-refractivity contribution is 0.183. The molecule has 0 radical (unpaired) electrons. The van der Waals surface area contributed by atoms with Crippen LogP contribution in [0.15, 0.2) is 0 Å². The first kappa shape index (κ1) is 10.0. The quantitative estimate of drug-likeness (QED) is 0.561. The zero-order valence-electron chi connectivity index (χ0n) is 8.78. The van der Waals surface area contributed by atoms with Gasteiger partial charge in [0.25, 0.3) is 0 Å². The summed E-state index contributed by atoms with van der Waals surface area (Å²) in [6.45, 7) is 8.46. The summed E-state index contributed by atoms with van der Waals surface area (Å²) in [5.41, 5.74) is -0.499. The number of alkyl halides is 1. The van der Waals surface area contributed by atoms with Gasteiger partial charge in [0.05, 0.1) is 0 Å². The Bertz CT molecular complexity index is 153. The molecule has 1 aliphatic carbocycles. The van der Waals surface area contributed by atoms with Crippen LogP contribution in [0.5, 0.6) is 0 Å². The summed E-state index contributed by atoms with van der Waals surface area (Å²) >= 11 is 0. The van der Waals surface area contributed by atoms with Crippen LogP contribution in [0, 0.1) is 11.3 Å². The fraction of sp³-hybridized carbons (Fsp3) is 1.00. The molecular weight excluding hydrogens is 151 g/mol. The van der Waals surface area contributed by atoms with E-state index in [1.807, 2.05) is 0 Å². The van der Waals surface area contributed by atoms with Gasteiger partial charge in [0.2, 0.25) is 0 Å². The summed E-state index contributed by atoms with van der Waals surface area (Å²) in [6.07, 6.45) is 3.81. The molecule has 0 nitrogen and oxygen atoms in total. The summed E-state index contributed by atoms with van der Waals surface area (Å²) in [4.78, 5) is 0. The van der Waals surface area contributed by atoms with E-state index < -0.39 is 5.67 Å². The first-order chi connectivity index (χ1) is 5.29. The second kappa shape index (κ2) is 3.01. The van der Waals surface area contributed by atoms with Crippen LogP contribution >= 0.6 is 0 Å². The van der Waals surface area contributed by atoms with Gasteiger partial charge in [-0.15, -0.1) is 0 Å². The average Bonchev–Trinajstić information content (AvgIpc) is 2.05. The fourth-order valence-corrected chi connectivity index (χ4v) is 2.35. The Kier molecular flexibility index (Phi) is 2.51. The third kappa shape index (κ3) is 3.12. The van der Waals surface area contributed by atoms with Gasteiger partial charge >= 0.3 is 0 Å². The topological polar surface area (TPSA) is 0 Å². The molecular formula is C11H21F. The predicted molar refractivity (Wildman–Crippen MR) is 50.9 cm³/mol. The first-order valence-corrected chi connectivity index (χ1v) is 4.97. The highest BCUT2D eigenvalue weighted by Gasteiger charge is 2.36. The van der Waals surface area contributed by atoms with E-state index in [-0.39, 0.29) is 0 Å². The number of halogens is 1. The van der Waals surface area contributed by atoms with Gasteiger partial charge in [-0.1, -0.05) is 20.8 Å². The van der Waals surface area contributed by atoms with Crippen molar-refractivity contribution in [1.82, 2.24) is 0 Å². The molecule has 0 spiro atoms. The van der Waals surface area contributed by atoms with Crippen LogP contribution in [0.1, 0.15) is 53.4 Å². The minimum absolute atomic E-state index is 0.366. The average molecular weight is 172 g/mol. The molecule has 0 heterocycles. The first-order valence-electron chi connectivity index (χ1n) is 4.97. The van der Waals surface area contributed by atoms with Gasteiger partial charge in [0.15, 0.2) is 0 Å². The van der Waals surface area contributed by atoms with Gasteiger partial charge in [0, 0.05) is 0 Å². The van der Waals surface area contributed by atoms with Crippen molar-refractivity contribution in [1.29, 1.82) is 0 Å². The Morgan fingerprint density at radius 1 is 1.42 bits per heavy atom. The van der Waals surface area contributed by atoms with E-state index in [4.69, 9.17) is 0 Å². The van der Waals surface area contributed by atoms with Crippen molar-refractivity contribution in [3.8, 4) is 0 Å². The van der Waals surface area contributed by atoms with Crippen molar-refractivity contribution < 1.29 is 4.39 Å². The van der Waals surface area contributed by atoms with Crippen LogP contribution in [0.4, 0.5) is 4.39 Å². The molecule has 1 saturated carbocycles. The van der Waals surface area contributed by atoms with Gasteiger partial charge in [-0.05, 0) is 43.9 Å². The van der Waals surface area contributed by atoms with E-state index in [1.165, 1.54) is 6.42 Å². The molecule has 1 aliphatic rings. The number of hydrogen-bond donors (Lipinski definition) is 0. The molecule has 0 N–H and O–H groups in total. The van der Waals surface area contributed by atoms with E-state index in [2.05, 4.69) is 20.8 Å². The van der Waals surface area contributed by atoms with Crippen LogP contribution in [0.3, 0.4) is 0 Å². The summed E-state index contributed by atoms with van der Waals surface area (Å²) in [6, 6.07) is 0. The standard InChI is InChI=1S/C11H21F/c1-10(2,3)7-9-5-6-11(4,12)8-9/h9H,5-8H2,1-4H3. The SMILES string of the molecule is CC(C)(C)CC1CCC(C)(F)C1. The lowest BCUT2D eigenvalue weighted by atomic mass is 9.83. The molecule has 0 aromatic rings. The number of hydrogen-bond acceptors (Lipinski definition) is 0. The minimum Gasteiger partial charge on any atom is -0.244 e. The van der Waals surface area contributed by atoms with Crippen molar-refractivity contribution in [3.05, 3.63) is 0 Å². The van der Waals surface area contributed by atoms with Crippen molar-refractivity contribution in [3.63, 3.8) is 0 Å². The Labute approximate surface area is 75.5 Å². The Morgan fingerprint density at radius 3 is 2.33 bits per heavy atom. The van der Waals surface area contributed by atoms with Crippen LogP contribution in [-0.2, 0) is 0 Å². The summed E-state index contributed by atoms with van der Waals surface area (Å²) < 4.78 is 13.4. The highest BCUT2D eigenvalue weighted by atomic mass is 19.1. The molecule has 1 fully saturated rings. The van der Waals surface area contributed by atoms with Gasteiger partial charge in [0.1, 0.15) is 5.67 Å². The molecule has 0 aliphatic heterocycles. The van der Waals surface area contributed by atoms with Crippen molar-refractivity contribution in [2.45, 2.75) is 59.0 Å². The minimum atomic E-state index is -0.865. The normalized spacial score (nSPS) is 37.2. The fourth-order valence-electron chi connectivity index (χ4n) is 2.35. The predicted octanol–water partition coefficient (Wildman–Crippen LogP) is 3.95. The van der Waals surface area contributed by atoms with Gasteiger partial charge in [-0.25, -0.2) is 4.39 Å².